The van der Waals surface area contributed by atoms with Crippen molar-refractivity contribution in [2.75, 3.05) is 6.61 Å². The van der Waals surface area contributed by atoms with E-state index in [1.54, 1.807) is 11.1 Å². The van der Waals surface area contributed by atoms with E-state index in [-0.39, 0.29) is 0 Å². The average molecular weight is 262 g/mol. The fraction of sp³-hybridized carbons (Fsp3) is 0.778. The summed E-state index contributed by atoms with van der Waals surface area (Å²) in [6.45, 7) is 5.57. The minimum absolute atomic E-state index is 0.715. The standard InChI is InChI=1S/C18H30O/c1-3-9-16-11-8-6-4-5-7-10-15(2)17-12-13-19-14-18(16)17/h12-13,15-16H,3-11,14H2,1-2H3. The third-order valence-electron chi connectivity index (χ3n) is 4.80. The lowest BCUT2D eigenvalue weighted by molar-refractivity contribution is 0.251. The Labute approximate surface area is 119 Å². The zero-order chi connectivity index (χ0) is 13.5. The van der Waals surface area contributed by atoms with Gasteiger partial charge >= 0.3 is 0 Å². The van der Waals surface area contributed by atoms with Gasteiger partial charge in [-0.2, -0.15) is 0 Å². The van der Waals surface area contributed by atoms with E-state index < -0.39 is 0 Å². The summed E-state index contributed by atoms with van der Waals surface area (Å²) in [5.41, 5.74) is 3.23. The second-order valence-electron chi connectivity index (χ2n) is 6.33. The maximum Gasteiger partial charge on any atom is 0.109 e. The fourth-order valence-corrected chi connectivity index (χ4v) is 3.65. The van der Waals surface area contributed by atoms with Gasteiger partial charge in [0.25, 0.3) is 0 Å². The number of allylic oxidation sites excluding steroid dienone is 2. The van der Waals surface area contributed by atoms with E-state index in [9.17, 15) is 0 Å². The molecule has 0 N–H and O–H groups in total. The van der Waals surface area contributed by atoms with Crippen LogP contribution in [0.15, 0.2) is 23.5 Å². The molecule has 19 heavy (non-hydrogen) atoms. The summed E-state index contributed by atoms with van der Waals surface area (Å²) >= 11 is 0. The van der Waals surface area contributed by atoms with Gasteiger partial charge in [0, 0.05) is 0 Å². The number of hydrogen-bond acceptors (Lipinski definition) is 1. The van der Waals surface area contributed by atoms with E-state index in [0.29, 0.717) is 5.92 Å². The largest absolute Gasteiger partial charge is 0.497 e. The van der Waals surface area contributed by atoms with Gasteiger partial charge in [0.15, 0.2) is 0 Å². The molecule has 2 aliphatic rings. The molecular weight excluding hydrogens is 232 g/mol. The molecule has 2 rings (SSSR count). The molecule has 2 unspecified atom stereocenters. The van der Waals surface area contributed by atoms with Gasteiger partial charge in [0.2, 0.25) is 0 Å². The molecule has 0 aromatic heterocycles. The van der Waals surface area contributed by atoms with E-state index in [0.717, 1.165) is 12.5 Å². The van der Waals surface area contributed by atoms with Crippen molar-refractivity contribution in [1.82, 2.24) is 0 Å². The van der Waals surface area contributed by atoms with Crippen molar-refractivity contribution >= 4 is 0 Å². The van der Waals surface area contributed by atoms with Crippen molar-refractivity contribution in [3.8, 4) is 0 Å². The van der Waals surface area contributed by atoms with Gasteiger partial charge in [0.1, 0.15) is 6.61 Å². The molecule has 1 aliphatic heterocycles. The Morgan fingerprint density at radius 2 is 1.84 bits per heavy atom. The second kappa shape index (κ2) is 7.77. The first-order valence-electron chi connectivity index (χ1n) is 8.34. The van der Waals surface area contributed by atoms with E-state index in [2.05, 4.69) is 19.9 Å². The van der Waals surface area contributed by atoms with Crippen LogP contribution in [-0.4, -0.2) is 6.61 Å². The average Bonchev–Trinajstić information content (AvgIpc) is 2.47. The van der Waals surface area contributed by atoms with Gasteiger partial charge in [-0.25, -0.2) is 0 Å². The SMILES string of the molecule is CCCC1CCCCCCCC(C)C2=C1COC=C2. The Morgan fingerprint density at radius 1 is 1.11 bits per heavy atom. The van der Waals surface area contributed by atoms with Crippen LogP contribution >= 0.6 is 0 Å². The van der Waals surface area contributed by atoms with Crippen LogP contribution in [0, 0.1) is 11.8 Å². The highest BCUT2D eigenvalue weighted by Crippen LogP contribution is 2.34. The Morgan fingerprint density at radius 3 is 2.63 bits per heavy atom. The van der Waals surface area contributed by atoms with E-state index in [1.165, 1.54) is 57.8 Å². The zero-order valence-corrected chi connectivity index (χ0v) is 12.8. The molecule has 0 saturated heterocycles. The predicted molar refractivity (Wildman–Crippen MR) is 82.0 cm³/mol. The minimum Gasteiger partial charge on any atom is -0.497 e. The van der Waals surface area contributed by atoms with Crippen molar-refractivity contribution < 1.29 is 4.74 Å². The summed E-state index contributed by atoms with van der Waals surface area (Å²) in [6.07, 6.45) is 16.6. The highest BCUT2D eigenvalue weighted by Gasteiger charge is 2.22. The Balaban J connectivity index is 2.21. The zero-order valence-electron chi connectivity index (χ0n) is 12.8. The first-order chi connectivity index (χ1) is 9.33. The van der Waals surface area contributed by atoms with Gasteiger partial charge in [-0.1, -0.05) is 52.4 Å². The molecule has 0 aromatic carbocycles. The smallest absolute Gasteiger partial charge is 0.109 e. The van der Waals surface area contributed by atoms with Crippen molar-refractivity contribution in [2.45, 2.75) is 71.6 Å². The lowest BCUT2D eigenvalue weighted by Gasteiger charge is -2.27. The third kappa shape index (κ3) is 4.12. The maximum absolute atomic E-state index is 5.63. The van der Waals surface area contributed by atoms with Crippen LogP contribution in [0.4, 0.5) is 0 Å². The molecule has 0 aromatic rings. The van der Waals surface area contributed by atoms with Crippen LogP contribution in [0.1, 0.15) is 71.6 Å². The molecule has 0 saturated carbocycles. The van der Waals surface area contributed by atoms with Crippen LogP contribution in [0.5, 0.6) is 0 Å². The predicted octanol–water partition coefficient (Wildman–Crippen LogP) is 5.62. The van der Waals surface area contributed by atoms with Gasteiger partial charge in [0.05, 0.1) is 6.26 Å². The third-order valence-corrected chi connectivity index (χ3v) is 4.80. The molecule has 1 heterocycles. The molecule has 2 atom stereocenters. The van der Waals surface area contributed by atoms with Crippen LogP contribution < -0.4 is 0 Å². The molecule has 108 valence electrons. The van der Waals surface area contributed by atoms with Gasteiger partial charge in [-0.3, -0.25) is 0 Å². The summed E-state index contributed by atoms with van der Waals surface area (Å²) in [5, 5.41) is 0. The first-order valence-corrected chi connectivity index (χ1v) is 8.34. The van der Waals surface area contributed by atoms with E-state index in [1.807, 2.05) is 6.26 Å². The topological polar surface area (TPSA) is 9.23 Å². The Bertz CT molecular complexity index is 327. The maximum atomic E-state index is 5.63. The van der Waals surface area contributed by atoms with Crippen LogP contribution in [0.25, 0.3) is 0 Å². The second-order valence-corrected chi connectivity index (χ2v) is 6.33. The molecule has 1 aliphatic carbocycles. The van der Waals surface area contributed by atoms with Gasteiger partial charge in [-0.15, -0.1) is 0 Å². The lowest BCUT2D eigenvalue weighted by Crippen LogP contribution is -2.16. The van der Waals surface area contributed by atoms with Crippen LogP contribution in [-0.2, 0) is 4.74 Å². The molecule has 0 spiro atoms. The van der Waals surface area contributed by atoms with Crippen molar-refractivity contribution in [3.05, 3.63) is 23.5 Å². The number of ether oxygens (including phenoxy) is 1. The molecule has 1 heteroatoms. The van der Waals surface area contributed by atoms with Crippen LogP contribution in [0.2, 0.25) is 0 Å². The number of rotatable bonds is 2. The van der Waals surface area contributed by atoms with Gasteiger partial charge < -0.3 is 4.74 Å². The Kier molecular flexibility index (Phi) is 6.00. The lowest BCUT2D eigenvalue weighted by atomic mass is 9.82. The molecular formula is C18H30O. The quantitative estimate of drug-likeness (QED) is 0.627. The highest BCUT2D eigenvalue weighted by atomic mass is 16.5. The summed E-state index contributed by atoms with van der Waals surface area (Å²) in [6, 6.07) is 0. The van der Waals surface area contributed by atoms with Crippen LogP contribution in [0.3, 0.4) is 0 Å². The molecule has 0 fully saturated rings. The normalized spacial score (nSPS) is 29.4. The first kappa shape index (κ1) is 14.7. The summed E-state index contributed by atoms with van der Waals surface area (Å²) in [7, 11) is 0. The van der Waals surface area contributed by atoms with E-state index >= 15 is 0 Å². The Hall–Kier alpha value is -0.720. The molecule has 1 nitrogen and oxygen atoms in total. The van der Waals surface area contributed by atoms with E-state index in [4.69, 9.17) is 4.74 Å². The monoisotopic (exact) mass is 262 g/mol. The molecule has 0 bridgehead atoms. The van der Waals surface area contributed by atoms with Crippen molar-refractivity contribution in [3.63, 3.8) is 0 Å². The molecule has 0 amide bonds. The summed E-state index contributed by atoms with van der Waals surface area (Å²) in [5.74, 6) is 1.48. The van der Waals surface area contributed by atoms with Crippen molar-refractivity contribution in [2.24, 2.45) is 11.8 Å². The minimum atomic E-state index is 0.715. The fourth-order valence-electron chi connectivity index (χ4n) is 3.65. The number of hydrogen-bond donors (Lipinski definition) is 0. The molecule has 0 radical (unpaired) electrons. The van der Waals surface area contributed by atoms with Crippen molar-refractivity contribution in [1.29, 1.82) is 0 Å². The summed E-state index contributed by atoms with van der Waals surface area (Å²) < 4.78 is 5.63. The summed E-state index contributed by atoms with van der Waals surface area (Å²) in [4.78, 5) is 0. The highest BCUT2D eigenvalue weighted by molar-refractivity contribution is 5.31. The van der Waals surface area contributed by atoms with Gasteiger partial charge in [-0.05, 0) is 48.3 Å².